The molecule has 2 nitrogen and oxygen atoms in total. The van der Waals surface area contributed by atoms with Gasteiger partial charge in [0.1, 0.15) is 0 Å². The molecule has 0 aromatic rings. The summed E-state index contributed by atoms with van der Waals surface area (Å²) in [6, 6.07) is 0.500. The van der Waals surface area contributed by atoms with E-state index in [0.717, 1.165) is 11.7 Å². The van der Waals surface area contributed by atoms with Crippen LogP contribution in [0.3, 0.4) is 0 Å². The summed E-state index contributed by atoms with van der Waals surface area (Å²) in [5.74, 6) is 1.68. The van der Waals surface area contributed by atoms with E-state index in [-0.39, 0.29) is 0 Å². The average molecular weight is 257 g/mol. The van der Waals surface area contributed by atoms with Crippen LogP contribution < -0.4 is 5.32 Å². The lowest BCUT2D eigenvalue weighted by molar-refractivity contribution is 0.405. The summed E-state index contributed by atoms with van der Waals surface area (Å²) in [7, 11) is 1.45. The molecule has 2 saturated carbocycles. The van der Waals surface area contributed by atoms with Crippen LogP contribution in [0.2, 0.25) is 0 Å². The van der Waals surface area contributed by atoms with Gasteiger partial charge in [0.15, 0.2) is 0 Å². The van der Waals surface area contributed by atoms with Gasteiger partial charge in [-0.2, -0.15) is 0 Å². The van der Waals surface area contributed by atoms with E-state index in [1.165, 1.54) is 57.8 Å². The fourth-order valence-electron chi connectivity index (χ4n) is 3.46. The Kier molecular flexibility index (Phi) is 5.49. The molecule has 2 unspecified atom stereocenters. The second kappa shape index (κ2) is 6.89. The molecule has 0 aromatic heterocycles. The first-order chi connectivity index (χ1) is 8.31. The zero-order valence-electron chi connectivity index (χ0n) is 11.1. The predicted octanol–water partition coefficient (Wildman–Crippen LogP) is 2.85. The van der Waals surface area contributed by atoms with Gasteiger partial charge in [0.05, 0.1) is 0 Å². The molecule has 0 heterocycles. The van der Waals surface area contributed by atoms with Crippen molar-refractivity contribution in [2.45, 2.75) is 69.1 Å². The van der Waals surface area contributed by atoms with Crippen molar-refractivity contribution in [3.8, 4) is 0 Å². The first kappa shape index (κ1) is 13.5. The largest absolute Gasteiger partial charge is 0.316 e. The SMILES string of the molecule is CNC(CS(=O)C1CCCCC1)C1CCCC1. The molecule has 100 valence electrons. The van der Waals surface area contributed by atoms with Gasteiger partial charge in [-0.3, -0.25) is 4.21 Å². The van der Waals surface area contributed by atoms with Crippen LogP contribution in [0.15, 0.2) is 0 Å². The van der Waals surface area contributed by atoms with E-state index < -0.39 is 10.8 Å². The van der Waals surface area contributed by atoms with Crippen LogP contribution in [0, 0.1) is 5.92 Å². The first-order valence-electron chi connectivity index (χ1n) is 7.35. The van der Waals surface area contributed by atoms with Crippen molar-refractivity contribution in [2.75, 3.05) is 12.8 Å². The maximum absolute atomic E-state index is 12.4. The van der Waals surface area contributed by atoms with Crippen molar-refractivity contribution < 1.29 is 4.21 Å². The minimum absolute atomic E-state index is 0.500. The van der Waals surface area contributed by atoms with Crippen LogP contribution >= 0.6 is 0 Å². The molecule has 2 rings (SSSR count). The molecule has 0 spiro atoms. The molecule has 3 heteroatoms. The molecule has 0 saturated heterocycles. The van der Waals surface area contributed by atoms with Gasteiger partial charge in [0.2, 0.25) is 0 Å². The molecule has 2 aliphatic rings. The smallest absolute Gasteiger partial charge is 0.0394 e. The summed E-state index contributed by atoms with van der Waals surface area (Å²) >= 11 is 0. The van der Waals surface area contributed by atoms with Crippen LogP contribution in [0.1, 0.15) is 57.8 Å². The molecular weight excluding hydrogens is 230 g/mol. The molecule has 0 amide bonds. The van der Waals surface area contributed by atoms with Gasteiger partial charge in [-0.1, -0.05) is 32.1 Å². The van der Waals surface area contributed by atoms with E-state index in [1.54, 1.807) is 0 Å². The Morgan fingerprint density at radius 1 is 1.06 bits per heavy atom. The lowest BCUT2D eigenvalue weighted by Crippen LogP contribution is -2.39. The molecule has 2 aliphatic carbocycles. The lowest BCUT2D eigenvalue weighted by atomic mass is 10.00. The van der Waals surface area contributed by atoms with Crippen LogP contribution in [0.4, 0.5) is 0 Å². The van der Waals surface area contributed by atoms with E-state index in [4.69, 9.17) is 0 Å². The fourth-order valence-corrected chi connectivity index (χ4v) is 5.38. The summed E-state index contributed by atoms with van der Waals surface area (Å²) in [4.78, 5) is 0. The van der Waals surface area contributed by atoms with Crippen molar-refractivity contribution in [3.05, 3.63) is 0 Å². The van der Waals surface area contributed by atoms with Gasteiger partial charge < -0.3 is 5.32 Å². The molecule has 0 radical (unpaired) electrons. The quantitative estimate of drug-likeness (QED) is 0.820. The van der Waals surface area contributed by atoms with Crippen molar-refractivity contribution in [1.82, 2.24) is 5.32 Å². The van der Waals surface area contributed by atoms with Gasteiger partial charge in [0.25, 0.3) is 0 Å². The maximum atomic E-state index is 12.4. The van der Waals surface area contributed by atoms with Crippen LogP contribution in [-0.2, 0) is 10.8 Å². The van der Waals surface area contributed by atoms with Crippen molar-refractivity contribution >= 4 is 10.8 Å². The third-order valence-corrected chi connectivity index (χ3v) is 6.51. The van der Waals surface area contributed by atoms with E-state index in [0.29, 0.717) is 11.3 Å². The monoisotopic (exact) mass is 257 g/mol. The zero-order chi connectivity index (χ0) is 12.1. The standard InChI is InChI=1S/C14H27NOS/c1-15-14(12-7-5-6-8-12)11-17(16)13-9-3-2-4-10-13/h12-15H,2-11H2,1H3. The minimum atomic E-state index is -0.595. The van der Waals surface area contributed by atoms with E-state index in [2.05, 4.69) is 5.32 Å². The second-order valence-electron chi connectivity index (χ2n) is 5.75. The van der Waals surface area contributed by atoms with Crippen LogP contribution in [-0.4, -0.2) is 28.3 Å². The number of hydrogen-bond donors (Lipinski definition) is 1. The Morgan fingerprint density at radius 2 is 1.65 bits per heavy atom. The molecule has 17 heavy (non-hydrogen) atoms. The van der Waals surface area contributed by atoms with E-state index in [1.807, 2.05) is 7.05 Å². The van der Waals surface area contributed by atoms with Gasteiger partial charge in [-0.15, -0.1) is 0 Å². The highest BCUT2D eigenvalue weighted by Gasteiger charge is 2.28. The first-order valence-corrected chi connectivity index (χ1v) is 8.74. The molecule has 0 bridgehead atoms. The van der Waals surface area contributed by atoms with E-state index in [9.17, 15) is 4.21 Å². The average Bonchev–Trinajstić information content (AvgIpc) is 2.90. The van der Waals surface area contributed by atoms with E-state index >= 15 is 0 Å². The lowest BCUT2D eigenvalue weighted by Gasteiger charge is -2.26. The second-order valence-corrected chi connectivity index (χ2v) is 7.51. The summed E-state index contributed by atoms with van der Waals surface area (Å²) in [6.45, 7) is 0. The Bertz CT molecular complexity index is 245. The normalized spacial score (nSPS) is 27.1. The van der Waals surface area contributed by atoms with Gasteiger partial charge in [-0.25, -0.2) is 0 Å². The third kappa shape index (κ3) is 3.78. The zero-order valence-corrected chi connectivity index (χ0v) is 11.9. The summed E-state index contributed by atoms with van der Waals surface area (Å²) in [5.41, 5.74) is 0. The van der Waals surface area contributed by atoms with Crippen LogP contribution in [0.5, 0.6) is 0 Å². The minimum Gasteiger partial charge on any atom is -0.316 e. The fraction of sp³-hybridized carbons (Fsp3) is 1.00. The number of hydrogen-bond acceptors (Lipinski definition) is 2. The topological polar surface area (TPSA) is 29.1 Å². The number of nitrogens with one attached hydrogen (secondary N) is 1. The summed E-state index contributed by atoms with van der Waals surface area (Å²) < 4.78 is 12.4. The van der Waals surface area contributed by atoms with Crippen molar-refractivity contribution in [2.24, 2.45) is 5.92 Å². The van der Waals surface area contributed by atoms with Crippen molar-refractivity contribution in [3.63, 3.8) is 0 Å². The van der Waals surface area contributed by atoms with Gasteiger partial charge in [0, 0.05) is 27.8 Å². The number of rotatable bonds is 5. The highest BCUT2D eigenvalue weighted by Crippen LogP contribution is 2.29. The Hall–Kier alpha value is 0.110. The van der Waals surface area contributed by atoms with Gasteiger partial charge >= 0.3 is 0 Å². The molecule has 2 fully saturated rings. The molecule has 0 aliphatic heterocycles. The van der Waals surface area contributed by atoms with Crippen LogP contribution in [0.25, 0.3) is 0 Å². The highest BCUT2D eigenvalue weighted by atomic mass is 32.2. The molecule has 0 aromatic carbocycles. The summed E-state index contributed by atoms with van der Waals surface area (Å²) in [5, 5.41) is 3.92. The highest BCUT2D eigenvalue weighted by molar-refractivity contribution is 7.85. The molecule has 1 N–H and O–H groups in total. The Balaban J connectivity index is 1.82. The van der Waals surface area contributed by atoms with Gasteiger partial charge in [-0.05, 0) is 38.6 Å². The Morgan fingerprint density at radius 3 is 2.24 bits per heavy atom. The maximum Gasteiger partial charge on any atom is 0.0394 e. The third-order valence-electron chi connectivity index (χ3n) is 4.61. The molecule has 2 atom stereocenters. The van der Waals surface area contributed by atoms with Crippen molar-refractivity contribution in [1.29, 1.82) is 0 Å². The predicted molar refractivity (Wildman–Crippen MR) is 74.7 cm³/mol. The summed E-state index contributed by atoms with van der Waals surface area (Å²) in [6.07, 6.45) is 11.8. The molecular formula is C14H27NOS. The Labute approximate surface area is 108 Å².